The van der Waals surface area contributed by atoms with Gasteiger partial charge < -0.3 is 9.66 Å². The van der Waals surface area contributed by atoms with E-state index >= 15 is 0 Å². The van der Waals surface area contributed by atoms with E-state index < -0.39 is 15.4 Å². The van der Waals surface area contributed by atoms with Gasteiger partial charge in [0.25, 0.3) is 0 Å². The first-order valence-corrected chi connectivity index (χ1v) is 13.5. The van der Waals surface area contributed by atoms with Crippen LogP contribution in [0, 0.1) is 0 Å². The van der Waals surface area contributed by atoms with Crippen molar-refractivity contribution in [3.63, 3.8) is 0 Å². The van der Waals surface area contributed by atoms with Gasteiger partial charge in [0.15, 0.2) is 0 Å². The fourth-order valence-corrected chi connectivity index (χ4v) is 4.73. The Morgan fingerprint density at radius 3 is 1.34 bits per heavy atom. The third-order valence-corrected chi connectivity index (χ3v) is 7.03. The van der Waals surface area contributed by atoms with Crippen molar-refractivity contribution in [3.8, 4) is 0 Å². The van der Waals surface area contributed by atoms with Gasteiger partial charge in [0.1, 0.15) is 0 Å². The van der Waals surface area contributed by atoms with Gasteiger partial charge in [-0.3, -0.25) is 0 Å². The Bertz CT molecular complexity index is 429. The van der Waals surface area contributed by atoms with Crippen molar-refractivity contribution < 1.29 is 69.5 Å². The molecule has 0 aliphatic carbocycles. The fraction of sp³-hybridized carbons (Fsp3) is 1.00. The van der Waals surface area contributed by atoms with Crippen molar-refractivity contribution in [1.29, 1.82) is 0 Å². The Labute approximate surface area is 224 Å². The van der Waals surface area contributed by atoms with E-state index in [1.807, 2.05) is 0 Å². The minimum Gasteiger partial charge on any atom is -0.748 e. The topological polar surface area (TPSA) is 77.4 Å². The molecule has 4 nitrogen and oxygen atoms in total. The van der Waals surface area contributed by atoms with Crippen LogP contribution in [0.5, 0.6) is 0 Å². The predicted molar refractivity (Wildman–Crippen MR) is 119 cm³/mol. The molecule has 29 heavy (non-hydrogen) atoms. The molecule has 170 valence electrons. The van der Waals surface area contributed by atoms with E-state index in [9.17, 15) is 18.1 Å². The van der Waals surface area contributed by atoms with Crippen molar-refractivity contribution in [1.82, 2.24) is 0 Å². The largest absolute Gasteiger partial charge is 1.00 e. The maximum absolute atomic E-state index is 11.5. The van der Waals surface area contributed by atoms with Crippen LogP contribution >= 0.6 is 0 Å². The second kappa shape index (κ2) is 22.7. The summed E-state index contributed by atoms with van der Waals surface area (Å²) in [7, 11) is -4.20. The molecular weight excluding hydrogens is 411 g/mol. The summed E-state index contributed by atoms with van der Waals surface area (Å²) in [6, 6.07) is 0. The van der Waals surface area contributed by atoms with Crippen LogP contribution in [0.1, 0.15) is 136 Å². The average Bonchev–Trinajstić information content (AvgIpc) is 2.64. The molecule has 0 bridgehead atoms. The molecular formula is C23H47KO4S. The smallest absolute Gasteiger partial charge is 0.748 e. The first-order chi connectivity index (χ1) is 13.4. The summed E-state index contributed by atoms with van der Waals surface area (Å²) in [5, 5.41) is 9.32. The van der Waals surface area contributed by atoms with Gasteiger partial charge in [0.05, 0.1) is 16.2 Å². The minimum atomic E-state index is -4.20. The summed E-state index contributed by atoms with van der Waals surface area (Å²) < 4.78 is 34.5. The van der Waals surface area contributed by atoms with Gasteiger partial charge in [-0.25, -0.2) is 8.42 Å². The van der Waals surface area contributed by atoms with Gasteiger partial charge in [-0.1, -0.05) is 110 Å². The van der Waals surface area contributed by atoms with Crippen LogP contribution in [0.25, 0.3) is 0 Å². The third kappa shape index (κ3) is 22.5. The summed E-state index contributed by atoms with van der Waals surface area (Å²) in [5.74, 6) is 0. The van der Waals surface area contributed by atoms with Crippen molar-refractivity contribution in [2.45, 2.75) is 147 Å². The van der Waals surface area contributed by atoms with E-state index in [0.29, 0.717) is 12.8 Å². The first-order valence-electron chi connectivity index (χ1n) is 12.0. The number of aliphatic hydroxyl groups is 1. The maximum Gasteiger partial charge on any atom is 1.00 e. The van der Waals surface area contributed by atoms with Crippen LogP contribution in [-0.2, 0) is 10.1 Å². The summed E-state index contributed by atoms with van der Waals surface area (Å²) in [5.41, 5.74) is 0. The Morgan fingerprint density at radius 1 is 0.621 bits per heavy atom. The molecule has 0 radical (unpaired) electrons. The fourth-order valence-electron chi connectivity index (χ4n) is 3.82. The minimum absolute atomic E-state index is 0. The van der Waals surface area contributed by atoms with E-state index in [-0.39, 0.29) is 57.5 Å². The van der Waals surface area contributed by atoms with E-state index in [4.69, 9.17) is 0 Å². The Balaban J connectivity index is 0. The maximum atomic E-state index is 11.5. The van der Waals surface area contributed by atoms with Gasteiger partial charge in [-0.2, -0.15) is 0 Å². The molecule has 0 aliphatic heterocycles. The quantitative estimate of drug-likeness (QED) is 0.162. The van der Waals surface area contributed by atoms with Gasteiger partial charge in [0.2, 0.25) is 0 Å². The molecule has 0 aromatic heterocycles. The van der Waals surface area contributed by atoms with E-state index in [1.165, 1.54) is 57.8 Å². The van der Waals surface area contributed by atoms with Crippen LogP contribution in [0.15, 0.2) is 0 Å². The van der Waals surface area contributed by atoms with E-state index in [2.05, 4.69) is 13.8 Å². The summed E-state index contributed by atoms with van der Waals surface area (Å²) >= 11 is 0. The molecule has 0 saturated carbocycles. The van der Waals surface area contributed by atoms with Gasteiger partial charge in [0, 0.05) is 5.25 Å². The van der Waals surface area contributed by atoms with Crippen molar-refractivity contribution in [3.05, 3.63) is 0 Å². The van der Waals surface area contributed by atoms with Crippen LogP contribution in [0.3, 0.4) is 0 Å². The zero-order valence-corrected chi connectivity index (χ0v) is 23.6. The molecule has 2 unspecified atom stereocenters. The molecule has 0 rings (SSSR count). The molecule has 0 amide bonds. The molecule has 0 fully saturated rings. The van der Waals surface area contributed by atoms with Crippen LogP contribution in [-0.4, -0.2) is 29.4 Å². The number of unbranched alkanes of at least 4 members (excludes halogenated alkanes) is 12. The zero-order valence-electron chi connectivity index (χ0n) is 19.7. The summed E-state index contributed by atoms with van der Waals surface area (Å²) in [4.78, 5) is 0. The molecule has 0 spiro atoms. The second-order valence-corrected chi connectivity index (χ2v) is 10.2. The predicted octanol–water partition coefficient (Wildman–Crippen LogP) is 3.72. The van der Waals surface area contributed by atoms with Crippen molar-refractivity contribution in [2.24, 2.45) is 0 Å². The summed E-state index contributed by atoms with van der Waals surface area (Å²) in [6.45, 7) is 4.40. The number of rotatable bonds is 21. The molecule has 0 aromatic rings. The van der Waals surface area contributed by atoms with E-state index in [0.717, 1.165) is 51.4 Å². The normalized spacial score (nSPS) is 13.8. The monoisotopic (exact) mass is 458 g/mol. The standard InChI is InChI=1S/C23H48O4S.K/c1-3-5-7-9-11-13-15-20-23(28(25,26)27)21-17-16-19-22(24)18-14-12-10-8-6-4-2;/h22-24H,3-21H2,1-2H3,(H,25,26,27);/q;+1/p-1. The van der Waals surface area contributed by atoms with Crippen LogP contribution < -0.4 is 51.4 Å². The Morgan fingerprint density at radius 2 is 0.931 bits per heavy atom. The molecule has 0 saturated heterocycles. The molecule has 2 atom stereocenters. The van der Waals surface area contributed by atoms with Crippen LogP contribution in [0.2, 0.25) is 0 Å². The number of aliphatic hydroxyl groups excluding tert-OH is 1. The van der Waals surface area contributed by atoms with Crippen molar-refractivity contribution >= 4 is 10.1 Å². The van der Waals surface area contributed by atoms with E-state index in [1.54, 1.807) is 0 Å². The first kappa shape index (κ1) is 32.7. The third-order valence-electron chi connectivity index (χ3n) is 5.74. The molecule has 1 N–H and O–H groups in total. The van der Waals surface area contributed by atoms with Gasteiger partial charge in [-0.05, 0) is 25.7 Å². The van der Waals surface area contributed by atoms with Gasteiger partial charge >= 0.3 is 51.4 Å². The molecule has 6 heteroatoms. The molecule has 0 aromatic carbocycles. The molecule has 0 heterocycles. The Kier molecular flexibility index (Phi) is 25.6. The van der Waals surface area contributed by atoms with Crippen LogP contribution in [0.4, 0.5) is 0 Å². The Hall–Kier alpha value is 1.51. The average molecular weight is 459 g/mol. The number of hydrogen-bond donors (Lipinski definition) is 1. The van der Waals surface area contributed by atoms with Crippen molar-refractivity contribution in [2.75, 3.05) is 0 Å². The number of hydrogen-bond acceptors (Lipinski definition) is 4. The SMILES string of the molecule is CCCCCCCCCC(CCCCC(O)CCCCCCCC)S(=O)(=O)[O-].[K+]. The molecule has 0 aliphatic rings. The summed E-state index contributed by atoms with van der Waals surface area (Å²) in [6.07, 6.45) is 19.0. The second-order valence-electron chi connectivity index (χ2n) is 8.52. The van der Waals surface area contributed by atoms with Gasteiger partial charge in [-0.15, -0.1) is 0 Å². The zero-order chi connectivity index (χ0) is 21.1.